The zero-order valence-electron chi connectivity index (χ0n) is 13.0. The van der Waals surface area contributed by atoms with Crippen LogP contribution in [0.25, 0.3) is 10.9 Å². The standard InChI is InChI=1S/C16H21NO5/c1-20-16(21-2,22-3)9-5-10-17-11-8-12-13(15(18)19)6-4-7-14(12)17/h4,6-8,11H,5,9-10H2,1-3H3,(H,18,19). The van der Waals surface area contributed by atoms with Crippen LogP contribution in [0.15, 0.2) is 30.5 Å². The molecule has 6 nitrogen and oxygen atoms in total. The van der Waals surface area contributed by atoms with E-state index in [1.54, 1.807) is 12.1 Å². The summed E-state index contributed by atoms with van der Waals surface area (Å²) in [5, 5.41) is 9.95. The zero-order chi connectivity index (χ0) is 16.2. The molecule has 22 heavy (non-hydrogen) atoms. The van der Waals surface area contributed by atoms with Crippen LogP contribution in [0.4, 0.5) is 0 Å². The fourth-order valence-corrected chi connectivity index (χ4v) is 2.63. The Morgan fingerprint density at radius 1 is 1.18 bits per heavy atom. The van der Waals surface area contributed by atoms with Crippen LogP contribution in [0.3, 0.4) is 0 Å². The molecule has 1 aromatic carbocycles. The zero-order valence-corrected chi connectivity index (χ0v) is 13.0. The van der Waals surface area contributed by atoms with Gasteiger partial charge >= 0.3 is 5.97 Å². The molecule has 6 heteroatoms. The molecule has 1 N–H and O–H groups in total. The first-order valence-electron chi connectivity index (χ1n) is 7.03. The van der Waals surface area contributed by atoms with Crippen molar-refractivity contribution >= 4 is 16.9 Å². The normalized spacial score (nSPS) is 12.0. The van der Waals surface area contributed by atoms with Gasteiger partial charge in [-0.05, 0) is 24.6 Å². The third-order valence-electron chi connectivity index (χ3n) is 3.86. The van der Waals surface area contributed by atoms with Crippen LogP contribution in [-0.4, -0.2) is 42.9 Å². The number of carboxylic acids is 1. The van der Waals surface area contributed by atoms with Crippen molar-refractivity contribution in [2.24, 2.45) is 0 Å². The van der Waals surface area contributed by atoms with Crippen LogP contribution in [0.2, 0.25) is 0 Å². The van der Waals surface area contributed by atoms with Gasteiger partial charge in [0.15, 0.2) is 0 Å². The number of fused-ring (bicyclic) bond motifs is 1. The minimum absolute atomic E-state index is 0.316. The Morgan fingerprint density at radius 3 is 2.45 bits per heavy atom. The number of carbonyl (C=O) groups is 1. The Kier molecular flexibility index (Phi) is 5.18. The van der Waals surface area contributed by atoms with Crippen LogP contribution < -0.4 is 0 Å². The first-order chi connectivity index (χ1) is 10.6. The van der Waals surface area contributed by atoms with Gasteiger partial charge in [0.25, 0.3) is 5.97 Å². The molecule has 0 amide bonds. The third kappa shape index (κ3) is 3.14. The summed E-state index contributed by atoms with van der Waals surface area (Å²) in [4.78, 5) is 11.2. The van der Waals surface area contributed by atoms with Crippen molar-refractivity contribution in [3.05, 3.63) is 36.0 Å². The highest BCUT2D eigenvalue weighted by Crippen LogP contribution is 2.23. The predicted octanol–water partition coefficient (Wildman–Crippen LogP) is 2.71. The molecular formula is C16H21NO5. The van der Waals surface area contributed by atoms with E-state index in [-0.39, 0.29) is 0 Å². The molecule has 1 heterocycles. The number of ether oxygens (including phenoxy) is 3. The van der Waals surface area contributed by atoms with E-state index in [0.717, 1.165) is 17.3 Å². The lowest BCUT2D eigenvalue weighted by Crippen LogP contribution is -2.36. The van der Waals surface area contributed by atoms with Crippen molar-refractivity contribution < 1.29 is 24.1 Å². The van der Waals surface area contributed by atoms with E-state index in [1.165, 1.54) is 21.3 Å². The lowest BCUT2D eigenvalue weighted by Gasteiger charge is -2.28. The van der Waals surface area contributed by atoms with Crippen molar-refractivity contribution in [3.8, 4) is 0 Å². The topological polar surface area (TPSA) is 69.9 Å². The summed E-state index contributed by atoms with van der Waals surface area (Å²) in [5.74, 6) is -1.95. The molecule has 0 bridgehead atoms. The van der Waals surface area contributed by atoms with E-state index in [9.17, 15) is 9.90 Å². The smallest absolute Gasteiger partial charge is 0.336 e. The van der Waals surface area contributed by atoms with Crippen LogP contribution in [0.5, 0.6) is 0 Å². The SMILES string of the molecule is COC(CCCn1ccc2c(C(=O)O)cccc21)(OC)OC. The summed E-state index contributed by atoms with van der Waals surface area (Å²) < 4.78 is 17.8. The summed E-state index contributed by atoms with van der Waals surface area (Å²) >= 11 is 0. The molecule has 0 spiro atoms. The Morgan fingerprint density at radius 2 is 1.86 bits per heavy atom. The van der Waals surface area contributed by atoms with Crippen LogP contribution in [-0.2, 0) is 20.8 Å². The maximum Gasteiger partial charge on any atom is 0.336 e. The first kappa shape index (κ1) is 16.5. The van der Waals surface area contributed by atoms with Crippen LogP contribution in [0, 0.1) is 0 Å². The van der Waals surface area contributed by atoms with Gasteiger partial charge in [0.2, 0.25) is 0 Å². The molecule has 0 unspecified atom stereocenters. The van der Waals surface area contributed by atoms with Gasteiger partial charge in [-0.2, -0.15) is 0 Å². The Labute approximate surface area is 129 Å². The largest absolute Gasteiger partial charge is 0.478 e. The van der Waals surface area contributed by atoms with Crippen molar-refractivity contribution in [2.45, 2.75) is 25.4 Å². The molecule has 120 valence electrons. The number of benzene rings is 1. The van der Waals surface area contributed by atoms with E-state index in [4.69, 9.17) is 14.2 Å². The van der Waals surface area contributed by atoms with E-state index in [1.807, 2.05) is 22.9 Å². The highest BCUT2D eigenvalue weighted by Gasteiger charge is 2.28. The maximum absolute atomic E-state index is 11.2. The summed E-state index contributed by atoms with van der Waals surface area (Å²) in [7, 11) is 4.62. The fraction of sp³-hybridized carbons (Fsp3) is 0.438. The lowest BCUT2D eigenvalue weighted by molar-refractivity contribution is -0.355. The van der Waals surface area contributed by atoms with E-state index in [2.05, 4.69) is 0 Å². The Hall–Kier alpha value is -1.89. The van der Waals surface area contributed by atoms with Gasteiger partial charge in [0.05, 0.1) is 5.56 Å². The Balaban J connectivity index is 2.13. The third-order valence-corrected chi connectivity index (χ3v) is 3.86. The molecule has 0 saturated carbocycles. The van der Waals surface area contributed by atoms with Gasteiger partial charge < -0.3 is 23.9 Å². The van der Waals surface area contributed by atoms with Crippen molar-refractivity contribution in [1.82, 2.24) is 4.57 Å². The van der Waals surface area contributed by atoms with Gasteiger partial charge in [-0.1, -0.05) is 6.07 Å². The number of aromatic nitrogens is 1. The first-order valence-corrected chi connectivity index (χ1v) is 7.03. The highest BCUT2D eigenvalue weighted by molar-refractivity contribution is 6.02. The van der Waals surface area contributed by atoms with Crippen LogP contribution in [0.1, 0.15) is 23.2 Å². The number of rotatable bonds is 8. The van der Waals surface area contributed by atoms with E-state index >= 15 is 0 Å². The molecule has 0 radical (unpaired) electrons. The van der Waals surface area contributed by atoms with E-state index in [0.29, 0.717) is 18.5 Å². The molecule has 0 fully saturated rings. The quantitative estimate of drug-likeness (QED) is 0.759. The van der Waals surface area contributed by atoms with E-state index < -0.39 is 11.9 Å². The molecule has 0 atom stereocenters. The van der Waals surface area contributed by atoms with Crippen LogP contribution >= 0.6 is 0 Å². The summed E-state index contributed by atoms with van der Waals surface area (Å²) in [5.41, 5.74) is 1.22. The molecule has 0 aliphatic carbocycles. The number of carboxylic acid groups (broad SMARTS) is 1. The average molecular weight is 307 g/mol. The predicted molar refractivity (Wildman–Crippen MR) is 81.9 cm³/mol. The molecule has 1 aromatic heterocycles. The molecular weight excluding hydrogens is 286 g/mol. The van der Waals surface area contributed by atoms with Gasteiger partial charge in [-0.15, -0.1) is 0 Å². The number of nitrogens with zero attached hydrogens (tertiary/aromatic N) is 1. The maximum atomic E-state index is 11.2. The summed E-state index contributed by atoms with van der Waals surface area (Å²) in [6.45, 7) is 0.713. The minimum Gasteiger partial charge on any atom is -0.478 e. The van der Waals surface area contributed by atoms with Crippen molar-refractivity contribution in [3.63, 3.8) is 0 Å². The molecule has 0 aliphatic heterocycles. The lowest BCUT2D eigenvalue weighted by atomic mass is 10.1. The molecule has 2 rings (SSSR count). The summed E-state index contributed by atoms with van der Waals surface area (Å²) in [6, 6.07) is 7.11. The monoisotopic (exact) mass is 307 g/mol. The fourth-order valence-electron chi connectivity index (χ4n) is 2.63. The second kappa shape index (κ2) is 6.91. The van der Waals surface area contributed by atoms with Gasteiger partial charge in [0.1, 0.15) is 0 Å². The van der Waals surface area contributed by atoms with Crippen molar-refractivity contribution in [1.29, 1.82) is 0 Å². The second-order valence-corrected chi connectivity index (χ2v) is 4.95. The molecule has 0 saturated heterocycles. The Bertz CT molecular complexity index is 637. The van der Waals surface area contributed by atoms with Gasteiger partial charge in [-0.3, -0.25) is 0 Å². The van der Waals surface area contributed by atoms with Gasteiger partial charge in [-0.25, -0.2) is 4.79 Å². The van der Waals surface area contributed by atoms with Gasteiger partial charge in [0, 0.05) is 51.4 Å². The second-order valence-electron chi connectivity index (χ2n) is 4.95. The number of methoxy groups -OCH3 is 3. The highest BCUT2D eigenvalue weighted by atomic mass is 16.9. The number of hydrogen-bond donors (Lipinski definition) is 1. The molecule has 0 aliphatic rings. The molecule has 2 aromatic rings. The number of aromatic carboxylic acids is 1. The number of hydrogen-bond acceptors (Lipinski definition) is 4. The minimum atomic E-state index is -1.03. The van der Waals surface area contributed by atoms with Crippen molar-refractivity contribution in [2.75, 3.05) is 21.3 Å². The average Bonchev–Trinajstić information content (AvgIpc) is 2.95. The number of aryl methyl sites for hydroxylation is 1. The summed E-state index contributed by atoms with van der Waals surface area (Å²) in [6.07, 6.45) is 3.22.